The minimum atomic E-state index is -0.930. The van der Waals surface area contributed by atoms with Crippen LogP contribution in [0.3, 0.4) is 0 Å². The normalized spacial score (nSPS) is 22.2. The molecule has 0 radical (unpaired) electrons. The molecule has 0 amide bonds. The predicted molar refractivity (Wildman–Crippen MR) is 130 cm³/mol. The van der Waals surface area contributed by atoms with E-state index in [0.29, 0.717) is 5.56 Å². The molecule has 2 aromatic rings. The largest absolute Gasteiger partial charge is 0.460 e. The lowest BCUT2D eigenvalue weighted by atomic mass is 9.71. The monoisotopic (exact) mass is 443 g/mol. The molecule has 170 valence electrons. The highest BCUT2D eigenvalue weighted by Gasteiger charge is 2.57. The Labute approximate surface area is 195 Å². The van der Waals surface area contributed by atoms with Crippen molar-refractivity contribution in [1.82, 2.24) is 0 Å². The van der Waals surface area contributed by atoms with E-state index in [2.05, 4.69) is 73.6 Å². The van der Waals surface area contributed by atoms with Gasteiger partial charge in [-0.2, -0.15) is 0 Å². The second-order valence-electron chi connectivity index (χ2n) is 8.61. The number of hydrogen-bond acceptors (Lipinski definition) is 4. The van der Waals surface area contributed by atoms with Gasteiger partial charge < -0.3 is 14.4 Å². The average molecular weight is 444 g/mol. The van der Waals surface area contributed by atoms with Crippen LogP contribution in [0.4, 0.5) is 5.69 Å². The quantitative estimate of drug-likeness (QED) is 0.487. The van der Waals surface area contributed by atoms with Gasteiger partial charge >= 0.3 is 5.97 Å². The zero-order valence-electron chi connectivity index (χ0n) is 19.8. The standard InChI is InChI=1S/C28H31N2O3/c1-5-29(6-2)19-13-15-23-25(17-19)32-26-18-20(30(7-3)8-4)14-16-24(26)28(23)22-12-10-9-11-21(22)27(31)33-28/h9-18,23H,5-8H2,1-4H3/q+1. The maximum atomic E-state index is 13.0. The molecular weight excluding hydrogens is 412 g/mol. The van der Waals surface area contributed by atoms with E-state index in [1.165, 1.54) is 0 Å². The van der Waals surface area contributed by atoms with E-state index in [9.17, 15) is 4.79 Å². The Hall–Kier alpha value is -3.34. The van der Waals surface area contributed by atoms with Crippen molar-refractivity contribution >= 4 is 17.4 Å². The van der Waals surface area contributed by atoms with Crippen LogP contribution in [0.25, 0.3) is 0 Å². The average Bonchev–Trinajstić information content (AvgIpc) is 3.13. The maximum Gasteiger partial charge on any atom is 0.339 e. The molecule has 0 bridgehead atoms. The first-order valence-electron chi connectivity index (χ1n) is 12.0. The lowest BCUT2D eigenvalue weighted by Gasteiger charge is -2.42. The van der Waals surface area contributed by atoms with Gasteiger partial charge in [-0.15, -0.1) is 0 Å². The van der Waals surface area contributed by atoms with Gasteiger partial charge in [0.2, 0.25) is 5.71 Å². The molecule has 0 saturated carbocycles. The SMILES string of the molecule is CCN(CC)c1ccc2c(c1)OC1=CC(=[N+](CC)CC)C=CC1C21OC(=O)c2ccccc21. The third-order valence-electron chi connectivity index (χ3n) is 7.15. The van der Waals surface area contributed by atoms with E-state index < -0.39 is 5.60 Å². The molecule has 0 saturated heterocycles. The first-order valence-corrected chi connectivity index (χ1v) is 12.0. The zero-order valence-corrected chi connectivity index (χ0v) is 19.8. The molecule has 1 aliphatic carbocycles. The van der Waals surface area contributed by atoms with Crippen LogP contribution in [0, 0.1) is 5.92 Å². The number of anilines is 1. The van der Waals surface area contributed by atoms with Crippen molar-refractivity contribution < 1.29 is 18.8 Å². The number of ether oxygens (including phenoxy) is 2. The van der Waals surface area contributed by atoms with E-state index in [1.54, 1.807) is 0 Å². The number of carbonyl (C=O) groups is 1. The van der Waals surface area contributed by atoms with E-state index in [1.807, 2.05) is 24.3 Å². The minimum Gasteiger partial charge on any atom is -0.460 e. The van der Waals surface area contributed by atoms with Crippen LogP contribution >= 0.6 is 0 Å². The molecule has 2 unspecified atom stereocenters. The minimum absolute atomic E-state index is 0.226. The van der Waals surface area contributed by atoms with Gasteiger partial charge in [0, 0.05) is 48.1 Å². The molecule has 33 heavy (non-hydrogen) atoms. The van der Waals surface area contributed by atoms with Crippen LogP contribution in [0.1, 0.15) is 49.2 Å². The molecule has 2 heterocycles. The van der Waals surface area contributed by atoms with E-state index >= 15 is 0 Å². The Morgan fingerprint density at radius 1 is 1.00 bits per heavy atom. The summed E-state index contributed by atoms with van der Waals surface area (Å²) >= 11 is 0. The second-order valence-corrected chi connectivity index (χ2v) is 8.61. The summed E-state index contributed by atoms with van der Waals surface area (Å²) in [6.07, 6.45) is 6.39. The second kappa shape index (κ2) is 8.22. The third kappa shape index (κ3) is 3.13. The summed E-state index contributed by atoms with van der Waals surface area (Å²) in [6.45, 7) is 12.2. The van der Waals surface area contributed by atoms with Crippen LogP contribution in [0.5, 0.6) is 5.75 Å². The highest BCUT2D eigenvalue weighted by Crippen LogP contribution is 2.56. The van der Waals surface area contributed by atoms with Crippen LogP contribution in [0.15, 0.2) is 66.5 Å². The fourth-order valence-corrected chi connectivity index (χ4v) is 5.44. The number of nitrogens with zero attached hydrogens (tertiary/aromatic N) is 2. The Balaban J connectivity index is 1.75. The summed E-state index contributed by atoms with van der Waals surface area (Å²) in [6, 6.07) is 14.0. The number of fused-ring (bicyclic) bond motifs is 6. The zero-order chi connectivity index (χ0) is 23.2. The summed E-state index contributed by atoms with van der Waals surface area (Å²) in [5.74, 6) is 1.06. The Morgan fingerprint density at radius 2 is 1.76 bits per heavy atom. The molecule has 0 fully saturated rings. The van der Waals surface area contributed by atoms with Crippen molar-refractivity contribution in [3.63, 3.8) is 0 Å². The van der Waals surface area contributed by atoms with Gasteiger partial charge in [-0.25, -0.2) is 9.37 Å². The summed E-state index contributed by atoms with van der Waals surface area (Å²) < 4.78 is 15.2. The van der Waals surface area contributed by atoms with Gasteiger partial charge in [0.05, 0.1) is 11.5 Å². The molecule has 3 aliphatic rings. The molecule has 5 heteroatoms. The van der Waals surface area contributed by atoms with Crippen molar-refractivity contribution in [1.29, 1.82) is 0 Å². The number of rotatable bonds is 5. The summed E-state index contributed by atoms with van der Waals surface area (Å²) in [4.78, 5) is 15.3. The van der Waals surface area contributed by atoms with Gasteiger partial charge in [0.1, 0.15) is 24.6 Å². The summed E-state index contributed by atoms with van der Waals surface area (Å²) in [5, 5.41) is 0. The van der Waals surface area contributed by atoms with Crippen molar-refractivity contribution in [3.8, 4) is 5.75 Å². The highest BCUT2D eigenvalue weighted by atomic mass is 16.6. The molecule has 5 rings (SSSR count). The molecule has 2 aliphatic heterocycles. The topological polar surface area (TPSA) is 41.8 Å². The smallest absolute Gasteiger partial charge is 0.339 e. The van der Waals surface area contributed by atoms with Crippen molar-refractivity contribution in [2.75, 3.05) is 31.1 Å². The van der Waals surface area contributed by atoms with Crippen LogP contribution < -0.4 is 9.64 Å². The number of carbonyl (C=O) groups excluding carboxylic acids is 1. The van der Waals surface area contributed by atoms with Gasteiger partial charge in [-0.3, -0.25) is 0 Å². The molecule has 2 atom stereocenters. The highest BCUT2D eigenvalue weighted by molar-refractivity contribution is 6.02. The number of hydrogen-bond donors (Lipinski definition) is 0. The van der Waals surface area contributed by atoms with Gasteiger partial charge in [-0.05, 0) is 45.9 Å². The summed E-state index contributed by atoms with van der Waals surface area (Å²) in [5.41, 5.74) is 3.72. The van der Waals surface area contributed by atoms with Gasteiger partial charge in [0.25, 0.3) is 0 Å². The Bertz CT molecular complexity index is 1200. The van der Waals surface area contributed by atoms with Crippen molar-refractivity contribution in [2.24, 2.45) is 5.92 Å². The number of benzene rings is 2. The molecular formula is C28H31N2O3+. The van der Waals surface area contributed by atoms with Gasteiger partial charge in [0.15, 0.2) is 5.60 Å². The van der Waals surface area contributed by atoms with Crippen molar-refractivity contribution in [3.05, 3.63) is 83.1 Å². The molecule has 5 nitrogen and oxygen atoms in total. The van der Waals surface area contributed by atoms with Crippen molar-refractivity contribution in [2.45, 2.75) is 33.3 Å². The third-order valence-corrected chi connectivity index (χ3v) is 7.15. The molecule has 2 aromatic carbocycles. The van der Waals surface area contributed by atoms with E-state index in [4.69, 9.17) is 9.47 Å². The fraction of sp³-hybridized carbons (Fsp3) is 0.357. The van der Waals surface area contributed by atoms with Crippen LogP contribution in [0.2, 0.25) is 0 Å². The molecule has 1 spiro atoms. The Morgan fingerprint density at radius 3 is 2.48 bits per heavy atom. The fourth-order valence-electron chi connectivity index (χ4n) is 5.44. The van der Waals surface area contributed by atoms with E-state index in [0.717, 1.165) is 60.2 Å². The first-order chi connectivity index (χ1) is 16.1. The van der Waals surface area contributed by atoms with Crippen LogP contribution in [-0.2, 0) is 10.3 Å². The molecule has 0 N–H and O–H groups in total. The predicted octanol–water partition coefficient (Wildman–Crippen LogP) is 4.90. The summed E-state index contributed by atoms with van der Waals surface area (Å²) in [7, 11) is 0. The Kier molecular flexibility index (Phi) is 5.35. The first kappa shape index (κ1) is 21.5. The lowest BCUT2D eigenvalue weighted by molar-refractivity contribution is -0.519. The van der Waals surface area contributed by atoms with E-state index in [-0.39, 0.29) is 11.9 Å². The number of allylic oxidation sites excluding steroid dienone is 2. The van der Waals surface area contributed by atoms with Crippen LogP contribution in [-0.4, -0.2) is 42.4 Å². The maximum absolute atomic E-state index is 13.0. The van der Waals surface area contributed by atoms with Gasteiger partial charge in [-0.1, -0.05) is 24.3 Å². The number of esters is 1. The lowest BCUT2D eigenvalue weighted by Crippen LogP contribution is -2.43. The molecule has 0 aromatic heterocycles.